The lowest BCUT2D eigenvalue weighted by Crippen LogP contribution is -2.43. The van der Waals surface area contributed by atoms with E-state index in [2.05, 4.69) is 40.4 Å². The van der Waals surface area contributed by atoms with Crippen LogP contribution in [0.2, 0.25) is 0 Å². The Kier molecular flexibility index (Phi) is 5.61. The molecule has 0 radical (unpaired) electrons. The smallest absolute Gasteiger partial charge is 0.238 e. The minimum absolute atomic E-state index is 0.0257. The second kappa shape index (κ2) is 7.23. The van der Waals surface area contributed by atoms with Crippen molar-refractivity contribution in [3.05, 3.63) is 28.7 Å². The summed E-state index contributed by atoms with van der Waals surface area (Å²) in [6.45, 7) is 4.98. The van der Waals surface area contributed by atoms with Gasteiger partial charge in [-0.3, -0.25) is 4.79 Å². The van der Waals surface area contributed by atoms with Crippen LogP contribution in [0.3, 0.4) is 0 Å². The average molecular weight is 339 g/mol. The number of anilines is 1. The molecule has 3 atom stereocenters. The highest BCUT2D eigenvalue weighted by Gasteiger charge is 2.26. The van der Waals surface area contributed by atoms with Gasteiger partial charge in [-0.25, -0.2) is 0 Å². The van der Waals surface area contributed by atoms with Crippen LogP contribution in [0.5, 0.6) is 0 Å². The van der Waals surface area contributed by atoms with Gasteiger partial charge in [0.25, 0.3) is 0 Å². The van der Waals surface area contributed by atoms with Gasteiger partial charge < -0.3 is 10.6 Å². The SMILES string of the molecule is CC1CCCC(NCC(=O)Nc2ccc(Br)cc2)C1C. The lowest BCUT2D eigenvalue weighted by atomic mass is 9.78. The Bertz CT molecular complexity index is 446. The molecule has 1 aliphatic rings. The summed E-state index contributed by atoms with van der Waals surface area (Å²) in [7, 11) is 0. The lowest BCUT2D eigenvalue weighted by Gasteiger charge is -2.34. The third kappa shape index (κ3) is 4.32. The van der Waals surface area contributed by atoms with Gasteiger partial charge in [-0.15, -0.1) is 0 Å². The molecule has 20 heavy (non-hydrogen) atoms. The van der Waals surface area contributed by atoms with Crippen LogP contribution in [0.1, 0.15) is 33.1 Å². The Hall–Kier alpha value is -0.870. The number of hydrogen-bond acceptors (Lipinski definition) is 2. The van der Waals surface area contributed by atoms with E-state index in [1.165, 1.54) is 19.3 Å². The summed E-state index contributed by atoms with van der Waals surface area (Å²) in [6, 6.07) is 8.11. The summed E-state index contributed by atoms with van der Waals surface area (Å²) >= 11 is 3.38. The molecule has 1 aliphatic carbocycles. The molecular formula is C16H23BrN2O. The maximum absolute atomic E-state index is 11.9. The predicted molar refractivity (Wildman–Crippen MR) is 86.7 cm³/mol. The van der Waals surface area contributed by atoms with Crippen molar-refractivity contribution in [1.29, 1.82) is 0 Å². The van der Waals surface area contributed by atoms with E-state index in [1.807, 2.05) is 24.3 Å². The second-order valence-corrected chi connectivity index (χ2v) is 6.73. The Balaban J connectivity index is 1.78. The van der Waals surface area contributed by atoms with Gasteiger partial charge in [0.1, 0.15) is 0 Å². The minimum Gasteiger partial charge on any atom is -0.325 e. The first-order valence-corrected chi connectivity index (χ1v) is 8.14. The van der Waals surface area contributed by atoms with Crippen molar-refractivity contribution in [1.82, 2.24) is 5.32 Å². The molecule has 0 aliphatic heterocycles. The molecule has 1 aromatic carbocycles. The largest absolute Gasteiger partial charge is 0.325 e. The molecule has 0 heterocycles. The van der Waals surface area contributed by atoms with E-state index in [1.54, 1.807) is 0 Å². The molecule has 3 nitrogen and oxygen atoms in total. The van der Waals surface area contributed by atoms with Crippen LogP contribution in [0, 0.1) is 11.8 Å². The van der Waals surface area contributed by atoms with Crippen LogP contribution < -0.4 is 10.6 Å². The zero-order valence-corrected chi connectivity index (χ0v) is 13.7. The van der Waals surface area contributed by atoms with E-state index in [4.69, 9.17) is 0 Å². The number of rotatable bonds is 4. The topological polar surface area (TPSA) is 41.1 Å². The quantitative estimate of drug-likeness (QED) is 0.876. The number of carbonyl (C=O) groups excluding carboxylic acids is 1. The highest BCUT2D eigenvalue weighted by Crippen LogP contribution is 2.29. The van der Waals surface area contributed by atoms with Crippen molar-refractivity contribution in [3.63, 3.8) is 0 Å². The van der Waals surface area contributed by atoms with Crippen molar-refractivity contribution < 1.29 is 4.79 Å². The van der Waals surface area contributed by atoms with E-state index >= 15 is 0 Å². The molecule has 3 unspecified atom stereocenters. The first kappa shape index (κ1) is 15.5. The van der Waals surface area contributed by atoms with Crippen molar-refractivity contribution in [2.75, 3.05) is 11.9 Å². The van der Waals surface area contributed by atoms with E-state index in [9.17, 15) is 4.79 Å². The first-order chi connectivity index (χ1) is 9.56. The summed E-state index contributed by atoms with van der Waals surface area (Å²) < 4.78 is 1.01. The number of nitrogens with one attached hydrogen (secondary N) is 2. The Labute approximate surface area is 129 Å². The molecule has 4 heteroatoms. The molecule has 0 aromatic heterocycles. The van der Waals surface area contributed by atoms with E-state index in [0.29, 0.717) is 18.5 Å². The maximum Gasteiger partial charge on any atom is 0.238 e. The van der Waals surface area contributed by atoms with Crippen LogP contribution >= 0.6 is 15.9 Å². The van der Waals surface area contributed by atoms with Crippen molar-refractivity contribution >= 4 is 27.5 Å². The van der Waals surface area contributed by atoms with Crippen LogP contribution in [-0.2, 0) is 4.79 Å². The maximum atomic E-state index is 11.9. The molecule has 1 amide bonds. The molecule has 0 saturated heterocycles. The molecule has 0 bridgehead atoms. The standard InChI is InChI=1S/C16H23BrN2O/c1-11-4-3-5-15(12(11)2)18-10-16(20)19-14-8-6-13(17)7-9-14/h6-9,11-12,15,18H,3-5,10H2,1-2H3,(H,19,20). The zero-order chi connectivity index (χ0) is 14.5. The molecule has 1 saturated carbocycles. The monoisotopic (exact) mass is 338 g/mol. The van der Waals surface area contributed by atoms with E-state index in [0.717, 1.165) is 16.1 Å². The highest BCUT2D eigenvalue weighted by atomic mass is 79.9. The van der Waals surface area contributed by atoms with Gasteiger partial charge in [0.15, 0.2) is 0 Å². The minimum atomic E-state index is 0.0257. The van der Waals surface area contributed by atoms with Gasteiger partial charge in [-0.05, 0) is 42.5 Å². The van der Waals surface area contributed by atoms with Gasteiger partial charge in [-0.1, -0.05) is 42.6 Å². The number of carbonyl (C=O) groups is 1. The fraction of sp³-hybridized carbons (Fsp3) is 0.562. The molecule has 1 aromatic rings. The lowest BCUT2D eigenvalue weighted by molar-refractivity contribution is -0.115. The van der Waals surface area contributed by atoms with E-state index in [-0.39, 0.29) is 5.91 Å². The Morgan fingerprint density at radius 2 is 1.95 bits per heavy atom. The van der Waals surface area contributed by atoms with Gasteiger partial charge in [0, 0.05) is 16.2 Å². The van der Waals surface area contributed by atoms with Crippen LogP contribution in [-0.4, -0.2) is 18.5 Å². The van der Waals surface area contributed by atoms with Crippen LogP contribution in [0.25, 0.3) is 0 Å². The summed E-state index contributed by atoms with van der Waals surface area (Å²) in [4.78, 5) is 11.9. The van der Waals surface area contributed by atoms with Crippen molar-refractivity contribution in [2.24, 2.45) is 11.8 Å². The van der Waals surface area contributed by atoms with Gasteiger partial charge in [0.05, 0.1) is 6.54 Å². The second-order valence-electron chi connectivity index (χ2n) is 5.81. The zero-order valence-electron chi connectivity index (χ0n) is 12.2. The van der Waals surface area contributed by atoms with E-state index < -0.39 is 0 Å². The number of halogens is 1. The Morgan fingerprint density at radius 3 is 2.65 bits per heavy atom. The number of hydrogen-bond donors (Lipinski definition) is 2. The van der Waals surface area contributed by atoms with Crippen molar-refractivity contribution in [2.45, 2.75) is 39.2 Å². The Morgan fingerprint density at radius 1 is 1.25 bits per heavy atom. The molecular weight excluding hydrogens is 316 g/mol. The molecule has 2 rings (SSSR count). The third-order valence-corrected chi connectivity index (χ3v) is 4.89. The molecule has 110 valence electrons. The highest BCUT2D eigenvalue weighted by molar-refractivity contribution is 9.10. The summed E-state index contributed by atoms with van der Waals surface area (Å²) in [5.41, 5.74) is 0.838. The molecule has 1 fully saturated rings. The fourth-order valence-electron chi connectivity index (χ4n) is 2.83. The van der Waals surface area contributed by atoms with Gasteiger partial charge >= 0.3 is 0 Å². The summed E-state index contributed by atoms with van der Waals surface area (Å²) in [6.07, 6.45) is 3.75. The van der Waals surface area contributed by atoms with Gasteiger partial charge in [0.2, 0.25) is 5.91 Å². The first-order valence-electron chi connectivity index (χ1n) is 7.35. The van der Waals surface area contributed by atoms with Crippen LogP contribution in [0.15, 0.2) is 28.7 Å². The number of benzene rings is 1. The summed E-state index contributed by atoms with van der Waals surface area (Å²) in [5.74, 6) is 1.41. The molecule has 2 N–H and O–H groups in total. The normalized spacial score (nSPS) is 26.2. The van der Waals surface area contributed by atoms with Crippen molar-refractivity contribution in [3.8, 4) is 0 Å². The molecule has 0 spiro atoms. The number of amides is 1. The van der Waals surface area contributed by atoms with Gasteiger partial charge in [-0.2, -0.15) is 0 Å². The summed E-state index contributed by atoms with van der Waals surface area (Å²) in [5, 5.41) is 6.32. The average Bonchev–Trinajstić information content (AvgIpc) is 2.43. The third-order valence-electron chi connectivity index (χ3n) is 4.36. The predicted octanol–water partition coefficient (Wildman–Crippen LogP) is 3.80. The fourth-order valence-corrected chi connectivity index (χ4v) is 3.10. The van der Waals surface area contributed by atoms with Crippen LogP contribution in [0.4, 0.5) is 5.69 Å².